The lowest BCUT2D eigenvalue weighted by Crippen LogP contribution is -2.06. The molecule has 0 saturated heterocycles. The molecule has 25 heavy (non-hydrogen) atoms. The molecule has 0 fully saturated rings. The largest absolute Gasteiger partial charge is 0.466 e. The van der Waals surface area contributed by atoms with Gasteiger partial charge in [-0.2, -0.15) is 0 Å². The number of rotatable bonds is 5. The number of para-hydroxylation sites is 1. The minimum atomic E-state index is -0.356. The van der Waals surface area contributed by atoms with Gasteiger partial charge < -0.3 is 9.64 Å². The molecule has 3 rings (SSSR count). The number of benzene rings is 2. The van der Waals surface area contributed by atoms with E-state index in [2.05, 4.69) is 35.2 Å². The Balaban J connectivity index is 2.02. The molecule has 3 aromatic rings. The van der Waals surface area contributed by atoms with E-state index in [0.717, 1.165) is 26.7 Å². The number of thiophene rings is 1. The van der Waals surface area contributed by atoms with Gasteiger partial charge in [0.15, 0.2) is 0 Å². The first-order valence-electron chi connectivity index (χ1n) is 7.93. The van der Waals surface area contributed by atoms with Crippen LogP contribution in [0.3, 0.4) is 0 Å². The summed E-state index contributed by atoms with van der Waals surface area (Å²) >= 11 is 1.64. The summed E-state index contributed by atoms with van der Waals surface area (Å²) in [6.07, 6.45) is 3.28. The van der Waals surface area contributed by atoms with Crippen molar-refractivity contribution < 1.29 is 9.53 Å². The maximum Gasteiger partial charge on any atom is 0.330 e. The van der Waals surface area contributed by atoms with Crippen LogP contribution in [0.1, 0.15) is 4.88 Å². The normalized spacial score (nSPS) is 10.8. The van der Waals surface area contributed by atoms with Gasteiger partial charge in [-0.25, -0.2) is 4.79 Å². The summed E-state index contributed by atoms with van der Waals surface area (Å²) in [7, 11) is 3.43. The summed E-state index contributed by atoms with van der Waals surface area (Å²) in [5, 5.41) is 1.11. The van der Waals surface area contributed by atoms with Gasteiger partial charge >= 0.3 is 5.97 Å². The third-order valence-electron chi connectivity index (χ3n) is 3.88. The van der Waals surface area contributed by atoms with Crippen molar-refractivity contribution in [3.63, 3.8) is 0 Å². The number of hydrogen-bond acceptors (Lipinski definition) is 4. The smallest absolute Gasteiger partial charge is 0.330 e. The Morgan fingerprint density at radius 2 is 1.68 bits per heavy atom. The molecule has 0 aliphatic heterocycles. The van der Waals surface area contributed by atoms with Gasteiger partial charge in [0, 0.05) is 29.3 Å². The lowest BCUT2D eigenvalue weighted by atomic mass is 10.1. The molecule has 0 N–H and O–H groups in total. The number of methoxy groups -OCH3 is 1. The molecule has 4 heteroatoms. The quantitative estimate of drug-likeness (QED) is 0.458. The zero-order chi connectivity index (χ0) is 17.6. The number of carbonyl (C=O) groups excluding carboxylic acids is 1. The minimum Gasteiger partial charge on any atom is -0.466 e. The van der Waals surface area contributed by atoms with E-state index in [1.54, 1.807) is 11.3 Å². The van der Waals surface area contributed by atoms with Crippen molar-refractivity contribution in [1.82, 2.24) is 0 Å². The van der Waals surface area contributed by atoms with Gasteiger partial charge in [-0.15, -0.1) is 11.3 Å². The van der Waals surface area contributed by atoms with Crippen LogP contribution in [0.25, 0.3) is 17.2 Å². The second-order valence-electron chi connectivity index (χ2n) is 5.48. The highest BCUT2D eigenvalue weighted by atomic mass is 32.1. The Kier molecular flexibility index (Phi) is 5.31. The molecule has 0 unspecified atom stereocenters. The minimum absolute atomic E-state index is 0.356. The van der Waals surface area contributed by atoms with Gasteiger partial charge in [0.05, 0.1) is 12.1 Å². The van der Waals surface area contributed by atoms with Crippen LogP contribution in [0.5, 0.6) is 0 Å². The summed E-state index contributed by atoms with van der Waals surface area (Å²) in [4.78, 5) is 14.6. The average molecular weight is 349 g/mol. The number of carbonyl (C=O) groups is 1. The van der Waals surface area contributed by atoms with Gasteiger partial charge in [0.1, 0.15) is 0 Å². The summed E-state index contributed by atoms with van der Waals surface area (Å²) in [6, 6.07) is 22.5. The van der Waals surface area contributed by atoms with Crippen LogP contribution in [0.4, 0.5) is 10.7 Å². The van der Waals surface area contributed by atoms with E-state index in [-0.39, 0.29) is 5.97 Å². The standard InChI is InChI=1S/C21H19NO2S/c1-22(17-11-7-4-8-12-17)20-15-18(16-9-5-3-6-10-16)19(25-20)13-14-21(23)24-2/h3-15H,1-2H3/b14-13+. The Labute approximate surface area is 151 Å². The molecule has 2 aromatic carbocycles. The highest BCUT2D eigenvalue weighted by molar-refractivity contribution is 7.17. The SMILES string of the molecule is COC(=O)/C=C/c1sc(N(C)c2ccccc2)cc1-c1ccccc1. The van der Waals surface area contributed by atoms with E-state index in [1.165, 1.54) is 13.2 Å². The summed E-state index contributed by atoms with van der Waals surface area (Å²) in [5.74, 6) is -0.356. The van der Waals surface area contributed by atoms with E-state index in [1.807, 2.05) is 49.5 Å². The Morgan fingerprint density at radius 1 is 1.04 bits per heavy atom. The van der Waals surface area contributed by atoms with Crippen molar-refractivity contribution in [2.45, 2.75) is 0 Å². The number of hydrogen-bond donors (Lipinski definition) is 0. The molecule has 0 bridgehead atoms. The van der Waals surface area contributed by atoms with Crippen LogP contribution in [0, 0.1) is 0 Å². The summed E-state index contributed by atoms with van der Waals surface area (Å²) in [5.41, 5.74) is 3.34. The van der Waals surface area contributed by atoms with Crippen molar-refractivity contribution in [3.05, 3.63) is 77.7 Å². The highest BCUT2D eigenvalue weighted by Gasteiger charge is 2.13. The molecule has 0 spiro atoms. The second-order valence-corrected chi connectivity index (χ2v) is 6.54. The Bertz CT molecular complexity index is 869. The molecule has 1 aromatic heterocycles. The molecule has 0 saturated carbocycles. The Hall–Kier alpha value is -2.85. The zero-order valence-corrected chi connectivity index (χ0v) is 15.0. The fraction of sp³-hybridized carbons (Fsp3) is 0.0952. The predicted octanol–water partition coefficient (Wildman–Crippen LogP) is 5.37. The fourth-order valence-electron chi connectivity index (χ4n) is 2.51. The van der Waals surface area contributed by atoms with Crippen LogP contribution < -0.4 is 4.90 Å². The van der Waals surface area contributed by atoms with Crippen LogP contribution in [-0.2, 0) is 9.53 Å². The number of esters is 1. The molecule has 3 nitrogen and oxygen atoms in total. The molecule has 0 aliphatic carbocycles. The number of nitrogens with zero attached hydrogens (tertiary/aromatic N) is 1. The Morgan fingerprint density at radius 3 is 2.32 bits per heavy atom. The summed E-state index contributed by atoms with van der Waals surface area (Å²) < 4.78 is 4.71. The van der Waals surface area contributed by atoms with E-state index in [9.17, 15) is 4.79 Å². The molecule has 0 atom stereocenters. The highest BCUT2D eigenvalue weighted by Crippen LogP contribution is 2.39. The average Bonchev–Trinajstić information content (AvgIpc) is 3.11. The molecule has 0 amide bonds. The molecular formula is C21H19NO2S. The third kappa shape index (κ3) is 3.98. The monoisotopic (exact) mass is 349 g/mol. The molecule has 0 radical (unpaired) electrons. The van der Waals surface area contributed by atoms with Gasteiger partial charge in [-0.3, -0.25) is 0 Å². The molecule has 126 valence electrons. The molecule has 1 heterocycles. The lowest BCUT2D eigenvalue weighted by molar-refractivity contribution is -0.134. The van der Waals surface area contributed by atoms with Crippen molar-refractivity contribution in [2.75, 3.05) is 19.1 Å². The fourth-order valence-corrected chi connectivity index (χ4v) is 3.58. The van der Waals surface area contributed by atoms with E-state index in [0.29, 0.717) is 0 Å². The molecule has 0 aliphatic rings. The number of anilines is 2. The predicted molar refractivity (Wildman–Crippen MR) is 105 cm³/mol. The van der Waals surface area contributed by atoms with E-state index in [4.69, 9.17) is 4.74 Å². The van der Waals surface area contributed by atoms with Gasteiger partial charge in [-0.1, -0.05) is 48.5 Å². The maximum absolute atomic E-state index is 11.5. The first kappa shape index (κ1) is 17.0. The van der Waals surface area contributed by atoms with Crippen LogP contribution in [-0.4, -0.2) is 20.1 Å². The van der Waals surface area contributed by atoms with Crippen molar-refractivity contribution in [3.8, 4) is 11.1 Å². The first-order chi connectivity index (χ1) is 12.2. The topological polar surface area (TPSA) is 29.5 Å². The second kappa shape index (κ2) is 7.81. The van der Waals surface area contributed by atoms with Gasteiger partial charge in [0.25, 0.3) is 0 Å². The maximum atomic E-state index is 11.5. The number of ether oxygens (including phenoxy) is 1. The molecular weight excluding hydrogens is 330 g/mol. The van der Waals surface area contributed by atoms with Crippen LogP contribution in [0.15, 0.2) is 72.8 Å². The van der Waals surface area contributed by atoms with Crippen LogP contribution in [0.2, 0.25) is 0 Å². The zero-order valence-electron chi connectivity index (χ0n) is 14.2. The first-order valence-corrected chi connectivity index (χ1v) is 8.75. The van der Waals surface area contributed by atoms with Crippen molar-refractivity contribution >= 4 is 34.1 Å². The third-order valence-corrected chi connectivity index (χ3v) is 5.06. The van der Waals surface area contributed by atoms with Gasteiger partial charge in [0.2, 0.25) is 0 Å². The summed E-state index contributed by atoms with van der Waals surface area (Å²) in [6.45, 7) is 0. The van der Waals surface area contributed by atoms with E-state index >= 15 is 0 Å². The van der Waals surface area contributed by atoms with E-state index < -0.39 is 0 Å². The van der Waals surface area contributed by atoms with Crippen molar-refractivity contribution in [2.24, 2.45) is 0 Å². The van der Waals surface area contributed by atoms with Crippen LogP contribution >= 0.6 is 11.3 Å². The lowest BCUT2D eigenvalue weighted by Gasteiger charge is -2.16. The van der Waals surface area contributed by atoms with Gasteiger partial charge in [-0.05, 0) is 29.8 Å². The van der Waals surface area contributed by atoms with Crippen molar-refractivity contribution in [1.29, 1.82) is 0 Å².